The lowest BCUT2D eigenvalue weighted by atomic mass is 9.94. The summed E-state index contributed by atoms with van der Waals surface area (Å²) in [6.07, 6.45) is -0.806. The lowest BCUT2D eigenvalue weighted by molar-refractivity contribution is -0.134. The third-order valence-corrected chi connectivity index (χ3v) is 3.69. The first-order chi connectivity index (χ1) is 10.6. The zero-order valence-electron chi connectivity index (χ0n) is 12.7. The average Bonchev–Trinajstić information content (AvgIpc) is 2.56. The summed E-state index contributed by atoms with van der Waals surface area (Å²) in [4.78, 5) is 13.7. The second-order valence-corrected chi connectivity index (χ2v) is 5.21. The summed E-state index contributed by atoms with van der Waals surface area (Å²) in [5, 5.41) is 10.8. The van der Waals surface area contributed by atoms with Gasteiger partial charge in [-0.15, -0.1) is 0 Å². The van der Waals surface area contributed by atoms with Gasteiger partial charge in [0.05, 0.1) is 6.04 Å². The topological polar surface area (TPSA) is 66.6 Å². The molecule has 0 saturated heterocycles. The van der Waals surface area contributed by atoms with E-state index in [0.29, 0.717) is 13.1 Å². The van der Waals surface area contributed by atoms with E-state index < -0.39 is 12.1 Å². The van der Waals surface area contributed by atoms with E-state index in [1.54, 1.807) is 4.90 Å². The lowest BCUT2D eigenvalue weighted by Crippen LogP contribution is -2.39. The summed E-state index contributed by atoms with van der Waals surface area (Å²) in [6, 6.07) is 18.5. The second kappa shape index (κ2) is 7.73. The molecule has 0 bridgehead atoms. The molecule has 0 aromatic heterocycles. The number of nitrogens with two attached hydrogens (primary N) is 1. The molecule has 0 heterocycles. The molecule has 4 heteroatoms. The van der Waals surface area contributed by atoms with E-state index in [0.717, 1.165) is 11.1 Å². The standard InChI is InChI=1S/C18H22N2O2/c1-14(21)20(13-12-19)17(15-8-4-2-5-9-15)18(22)16-10-6-3-7-11-16/h2-11,17-18,22H,12-13,19H2,1H3/t17-,18-/m0/s1. The van der Waals surface area contributed by atoms with E-state index in [4.69, 9.17) is 5.73 Å². The van der Waals surface area contributed by atoms with Crippen molar-refractivity contribution in [2.45, 2.75) is 19.1 Å². The average molecular weight is 298 g/mol. The molecule has 0 radical (unpaired) electrons. The SMILES string of the molecule is CC(=O)N(CCN)[C@@H](c1ccccc1)[C@@H](O)c1ccccc1. The highest BCUT2D eigenvalue weighted by Crippen LogP contribution is 2.33. The van der Waals surface area contributed by atoms with Gasteiger partial charge in [-0.05, 0) is 11.1 Å². The molecule has 0 spiro atoms. The Hall–Kier alpha value is -2.17. The molecular formula is C18H22N2O2. The maximum Gasteiger partial charge on any atom is 0.220 e. The van der Waals surface area contributed by atoms with Gasteiger partial charge >= 0.3 is 0 Å². The van der Waals surface area contributed by atoms with Crippen molar-refractivity contribution >= 4 is 5.91 Å². The number of hydrogen-bond acceptors (Lipinski definition) is 3. The van der Waals surface area contributed by atoms with Crippen molar-refractivity contribution in [3.05, 3.63) is 71.8 Å². The highest BCUT2D eigenvalue weighted by Gasteiger charge is 2.30. The minimum Gasteiger partial charge on any atom is -0.386 e. The monoisotopic (exact) mass is 298 g/mol. The van der Waals surface area contributed by atoms with Crippen LogP contribution in [0.3, 0.4) is 0 Å². The molecule has 2 rings (SSSR count). The Balaban J connectivity index is 2.43. The summed E-state index contributed by atoms with van der Waals surface area (Å²) in [7, 11) is 0. The highest BCUT2D eigenvalue weighted by atomic mass is 16.3. The number of carbonyl (C=O) groups excluding carboxylic acids is 1. The van der Waals surface area contributed by atoms with Crippen LogP contribution in [0.15, 0.2) is 60.7 Å². The summed E-state index contributed by atoms with van der Waals surface area (Å²) in [5.74, 6) is -0.103. The zero-order chi connectivity index (χ0) is 15.9. The number of nitrogens with zero attached hydrogens (tertiary/aromatic N) is 1. The Morgan fingerprint density at radius 3 is 2.00 bits per heavy atom. The number of hydrogen-bond donors (Lipinski definition) is 2. The predicted molar refractivity (Wildman–Crippen MR) is 87.0 cm³/mol. The van der Waals surface area contributed by atoms with E-state index >= 15 is 0 Å². The molecule has 0 fully saturated rings. The number of amides is 1. The largest absolute Gasteiger partial charge is 0.386 e. The summed E-state index contributed by atoms with van der Waals surface area (Å²) >= 11 is 0. The van der Waals surface area contributed by atoms with Gasteiger partial charge in [-0.3, -0.25) is 4.79 Å². The fourth-order valence-electron chi connectivity index (χ4n) is 2.65. The van der Waals surface area contributed by atoms with Gasteiger partial charge in [0, 0.05) is 20.0 Å². The van der Waals surface area contributed by atoms with Crippen LogP contribution in [-0.2, 0) is 4.79 Å². The third-order valence-electron chi connectivity index (χ3n) is 3.69. The van der Waals surface area contributed by atoms with Gasteiger partial charge in [-0.25, -0.2) is 0 Å². The maximum absolute atomic E-state index is 12.0. The van der Waals surface area contributed by atoms with Crippen molar-refractivity contribution in [3.8, 4) is 0 Å². The van der Waals surface area contributed by atoms with Crippen LogP contribution < -0.4 is 5.73 Å². The molecule has 0 unspecified atom stereocenters. The van der Waals surface area contributed by atoms with Crippen molar-refractivity contribution in [3.63, 3.8) is 0 Å². The molecule has 22 heavy (non-hydrogen) atoms. The van der Waals surface area contributed by atoms with Gasteiger partial charge in [-0.2, -0.15) is 0 Å². The molecule has 2 atom stereocenters. The minimum absolute atomic E-state index is 0.103. The van der Waals surface area contributed by atoms with E-state index in [2.05, 4.69) is 0 Å². The van der Waals surface area contributed by atoms with Crippen molar-refractivity contribution in [1.29, 1.82) is 0 Å². The molecule has 0 aliphatic heterocycles. The van der Waals surface area contributed by atoms with Crippen LogP contribution >= 0.6 is 0 Å². The van der Waals surface area contributed by atoms with Crippen LogP contribution in [0.1, 0.15) is 30.2 Å². The smallest absolute Gasteiger partial charge is 0.220 e. The summed E-state index contributed by atoms with van der Waals surface area (Å²) in [6.45, 7) is 2.26. The second-order valence-electron chi connectivity index (χ2n) is 5.21. The van der Waals surface area contributed by atoms with Crippen LogP contribution in [0, 0.1) is 0 Å². The molecule has 1 amide bonds. The molecule has 0 aliphatic carbocycles. The molecular weight excluding hydrogens is 276 g/mol. The van der Waals surface area contributed by atoms with Crippen molar-refractivity contribution in [1.82, 2.24) is 4.90 Å². The fraction of sp³-hybridized carbons (Fsp3) is 0.278. The first-order valence-corrected chi connectivity index (χ1v) is 7.40. The number of aliphatic hydroxyl groups excluding tert-OH is 1. The van der Waals surface area contributed by atoms with Crippen molar-refractivity contribution in [2.24, 2.45) is 5.73 Å². The Morgan fingerprint density at radius 2 is 1.55 bits per heavy atom. The highest BCUT2D eigenvalue weighted by molar-refractivity contribution is 5.74. The van der Waals surface area contributed by atoms with E-state index in [1.165, 1.54) is 6.92 Å². The first-order valence-electron chi connectivity index (χ1n) is 7.40. The van der Waals surface area contributed by atoms with E-state index in [1.807, 2.05) is 60.7 Å². The predicted octanol–water partition coefficient (Wildman–Crippen LogP) is 2.27. The van der Waals surface area contributed by atoms with Gasteiger partial charge in [0.25, 0.3) is 0 Å². The Bertz CT molecular complexity index is 587. The quantitative estimate of drug-likeness (QED) is 0.859. The number of rotatable bonds is 6. The Kier molecular flexibility index (Phi) is 5.69. The van der Waals surface area contributed by atoms with Gasteiger partial charge in [0.15, 0.2) is 0 Å². The summed E-state index contributed by atoms with van der Waals surface area (Å²) < 4.78 is 0. The molecule has 0 saturated carbocycles. The van der Waals surface area contributed by atoms with Crippen LogP contribution in [0.25, 0.3) is 0 Å². The number of carbonyl (C=O) groups is 1. The maximum atomic E-state index is 12.0. The number of aliphatic hydroxyl groups is 1. The number of benzene rings is 2. The molecule has 3 N–H and O–H groups in total. The molecule has 2 aromatic carbocycles. The van der Waals surface area contributed by atoms with Gasteiger partial charge < -0.3 is 15.7 Å². The van der Waals surface area contributed by atoms with E-state index in [-0.39, 0.29) is 5.91 Å². The molecule has 4 nitrogen and oxygen atoms in total. The van der Waals surface area contributed by atoms with Gasteiger partial charge in [0.1, 0.15) is 6.10 Å². The molecule has 0 aliphatic rings. The van der Waals surface area contributed by atoms with Crippen molar-refractivity contribution in [2.75, 3.05) is 13.1 Å². The van der Waals surface area contributed by atoms with Gasteiger partial charge in [0.2, 0.25) is 5.91 Å². The normalized spacial score (nSPS) is 13.4. The lowest BCUT2D eigenvalue weighted by Gasteiger charge is -2.34. The van der Waals surface area contributed by atoms with Gasteiger partial charge in [-0.1, -0.05) is 60.7 Å². The molecule has 2 aromatic rings. The summed E-state index contributed by atoms with van der Waals surface area (Å²) in [5.41, 5.74) is 7.32. The Labute approximate surface area is 131 Å². The first kappa shape index (κ1) is 16.2. The Morgan fingerprint density at radius 1 is 1.05 bits per heavy atom. The molecule has 116 valence electrons. The van der Waals surface area contributed by atoms with E-state index in [9.17, 15) is 9.90 Å². The minimum atomic E-state index is -0.806. The fourth-order valence-corrected chi connectivity index (χ4v) is 2.65. The third kappa shape index (κ3) is 3.72. The van der Waals surface area contributed by atoms with Crippen LogP contribution in [-0.4, -0.2) is 29.0 Å². The zero-order valence-corrected chi connectivity index (χ0v) is 12.7. The van der Waals surface area contributed by atoms with Crippen molar-refractivity contribution < 1.29 is 9.90 Å². The van der Waals surface area contributed by atoms with Crippen LogP contribution in [0.4, 0.5) is 0 Å². The van der Waals surface area contributed by atoms with Crippen LogP contribution in [0.2, 0.25) is 0 Å². The van der Waals surface area contributed by atoms with Crippen LogP contribution in [0.5, 0.6) is 0 Å².